The summed E-state index contributed by atoms with van der Waals surface area (Å²) < 4.78 is 34.4. The van der Waals surface area contributed by atoms with Gasteiger partial charge in [-0.3, -0.25) is 4.79 Å². The van der Waals surface area contributed by atoms with Gasteiger partial charge in [0.1, 0.15) is 22.9 Å². The molecule has 1 fully saturated rings. The van der Waals surface area contributed by atoms with Crippen LogP contribution < -0.4 is 4.74 Å². The van der Waals surface area contributed by atoms with Crippen molar-refractivity contribution in [2.45, 2.75) is 56.8 Å². The molecule has 9 heteroatoms. The van der Waals surface area contributed by atoms with Gasteiger partial charge in [0.2, 0.25) is 15.9 Å². The summed E-state index contributed by atoms with van der Waals surface area (Å²) in [6, 6.07) is 3.95. The van der Waals surface area contributed by atoms with Crippen molar-refractivity contribution in [1.82, 2.24) is 9.21 Å². The molecule has 1 aromatic carbocycles. The van der Waals surface area contributed by atoms with Crippen LogP contribution in [0.1, 0.15) is 39.2 Å². The largest absolute Gasteiger partial charge is 0.487 e. The molecule has 4 atom stereocenters. The molecule has 1 aromatic rings. The average molecular weight is 465 g/mol. The molecule has 0 bridgehead atoms. The number of fused-ring (bicyclic) bond motifs is 1. The van der Waals surface area contributed by atoms with Crippen molar-refractivity contribution >= 4 is 15.9 Å². The Morgan fingerprint density at radius 3 is 2.62 bits per heavy atom. The Kier molecular flexibility index (Phi) is 7.50. The molecule has 3 rings (SSSR count). The molecule has 1 amide bonds. The first-order valence-corrected chi connectivity index (χ1v) is 12.4. The Balaban J connectivity index is 2.03. The van der Waals surface area contributed by atoms with Crippen molar-refractivity contribution in [2.75, 3.05) is 26.7 Å². The van der Waals surface area contributed by atoms with Crippen molar-refractivity contribution in [3.05, 3.63) is 23.8 Å². The van der Waals surface area contributed by atoms with Gasteiger partial charge in [0, 0.05) is 37.0 Å². The van der Waals surface area contributed by atoms with Crippen LogP contribution in [0.2, 0.25) is 0 Å². The molecule has 1 heterocycles. The number of carbonyl (C=O) groups is 1. The lowest BCUT2D eigenvalue weighted by Crippen LogP contribution is -2.50. The Hall–Kier alpha value is -2.12. The topological polar surface area (TPSA) is 107 Å². The lowest BCUT2D eigenvalue weighted by molar-refractivity contribution is -0.132. The maximum atomic E-state index is 13.4. The molecule has 1 aliphatic heterocycles. The highest BCUT2D eigenvalue weighted by Gasteiger charge is 2.39. The maximum Gasteiger partial charge on any atom is 0.247 e. The third-order valence-electron chi connectivity index (χ3n) is 5.85. The fourth-order valence-electron chi connectivity index (χ4n) is 3.71. The maximum absolute atomic E-state index is 13.4. The molecule has 0 unspecified atom stereocenters. The quantitative estimate of drug-likeness (QED) is 0.631. The Morgan fingerprint density at radius 2 is 2.03 bits per heavy atom. The van der Waals surface area contributed by atoms with Gasteiger partial charge in [-0.25, -0.2) is 8.42 Å². The second kappa shape index (κ2) is 9.79. The van der Waals surface area contributed by atoms with Crippen molar-refractivity contribution in [2.24, 2.45) is 11.8 Å². The number of hydrogen-bond acceptors (Lipinski definition) is 6. The van der Waals surface area contributed by atoms with E-state index in [4.69, 9.17) is 4.74 Å². The number of rotatable bonds is 5. The lowest BCUT2D eigenvalue weighted by Gasteiger charge is -2.37. The molecule has 0 spiro atoms. The third kappa shape index (κ3) is 5.44. The summed E-state index contributed by atoms with van der Waals surface area (Å²) in [4.78, 5) is 14.2. The second-order valence-corrected chi connectivity index (χ2v) is 10.7. The van der Waals surface area contributed by atoms with Gasteiger partial charge in [-0.15, -0.1) is 0 Å². The van der Waals surface area contributed by atoms with Gasteiger partial charge in [0.25, 0.3) is 0 Å². The number of aliphatic hydroxyl groups excluding tert-OH is 2. The molecule has 176 valence electrons. The van der Waals surface area contributed by atoms with Crippen LogP contribution in [0.25, 0.3) is 0 Å². The first-order chi connectivity index (χ1) is 15.0. The summed E-state index contributed by atoms with van der Waals surface area (Å²) in [5.41, 5.74) is 0.510. The standard InChI is InChI=1S/C23H32N2O6S/c1-15-12-25(16(2)14-26)32(29,30)22-10-7-18(6-5-17(3)27)11-20(22)31-21(15)13-24(4)23(28)19-8-9-19/h7,10-11,15-17,19,21,26-27H,8-9,12-14H2,1-4H3/t15-,16+,17-,21+/m1/s1. The minimum atomic E-state index is -3.94. The first-order valence-electron chi connectivity index (χ1n) is 10.9. The van der Waals surface area contributed by atoms with E-state index in [9.17, 15) is 23.4 Å². The van der Waals surface area contributed by atoms with Gasteiger partial charge < -0.3 is 19.8 Å². The fourth-order valence-corrected chi connectivity index (χ4v) is 5.54. The minimum absolute atomic E-state index is 0.00605. The van der Waals surface area contributed by atoms with E-state index in [1.165, 1.54) is 10.4 Å². The summed E-state index contributed by atoms with van der Waals surface area (Å²) in [6.45, 7) is 5.25. The van der Waals surface area contributed by atoms with Crippen molar-refractivity contribution in [1.29, 1.82) is 0 Å². The Labute approximate surface area is 190 Å². The zero-order valence-electron chi connectivity index (χ0n) is 19.0. The van der Waals surface area contributed by atoms with Crippen molar-refractivity contribution in [3.63, 3.8) is 0 Å². The minimum Gasteiger partial charge on any atom is -0.487 e. The summed E-state index contributed by atoms with van der Waals surface area (Å²) in [5, 5.41) is 19.2. The molecule has 2 N–H and O–H groups in total. The molecule has 1 aliphatic carbocycles. The smallest absolute Gasteiger partial charge is 0.247 e. The van der Waals surface area contributed by atoms with Gasteiger partial charge >= 0.3 is 0 Å². The number of carbonyl (C=O) groups excluding carboxylic acids is 1. The van der Waals surface area contributed by atoms with E-state index in [2.05, 4.69) is 11.8 Å². The Bertz CT molecular complexity index is 1010. The zero-order valence-corrected chi connectivity index (χ0v) is 19.8. The predicted octanol–water partition coefficient (Wildman–Crippen LogP) is 1.06. The molecule has 2 aliphatic rings. The van der Waals surface area contributed by atoms with Crippen LogP contribution >= 0.6 is 0 Å². The summed E-state index contributed by atoms with van der Waals surface area (Å²) in [7, 11) is -2.19. The van der Waals surface area contributed by atoms with Gasteiger partial charge in [-0.2, -0.15) is 4.31 Å². The number of nitrogens with zero attached hydrogens (tertiary/aromatic N) is 2. The van der Waals surface area contributed by atoms with E-state index in [1.54, 1.807) is 37.9 Å². The predicted molar refractivity (Wildman–Crippen MR) is 119 cm³/mol. The highest BCUT2D eigenvalue weighted by molar-refractivity contribution is 7.89. The highest BCUT2D eigenvalue weighted by atomic mass is 32.2. The van der Waals surface area contributed by atoms with Crippen LogP contribution in [0.5, 0.6) is 5.75 Å². The SMILES string of the molecule is C[C@@H]1CN([C@@H](C)CO)S(=O)(=O)c2ccc(C#C[C@@H](C)O)cc2O[C@H]1CN(C)C(=O)C1CC1. The van der Waals surface area contributed by atoms with Gasteiger partial charge in [-0.1, -0.05) is 18.8 Å². The van der Waals surface area contributed by atoms with Crippen LogP contribution in [0.4, 0.5) is 0 Å². The number of likely N-dealkylation sites (N-methyl/N-ethyl adjacent to an activating group) is 1. The normalized spacial score (nSPS) is 24.6. The molecule has 8 nitrogen and oxygen atoms in total. The van der Waals surface area contributed by atoms with E-state index in [-0.39, 0.29) is 41.5 Å². The summed E-state index contributed by atoms with van der Waals surface area (Å²) in [6.07, 6.45) is 0.527. The van der Waals surface area contributed by atoms with Crippen molar-refractivity contribution in [3.8, 4) is 17.6 Å². The molecule has 0 radical (unpaired) electrons. The molecule has 0 saturated heterocycles. The van der Waals surface area contributed by atoms with Gasteiger partial charge in [0.05, 0.1) is 13.2 Å². The van der Waals surface area contributed by atoms with E-state index in [1.807, 2.05) is 6.92 Å². The van der Waals surface area contributed by atoms with Gasteiger partial charge in [-0.05, 0) is 44.9 Å². The van der Waals surface area contributed by atoms with Crippen LogP contribution in [-0.4, -0.2) is 78.7 Å². The Morgan fingerprint density at radius 1 is 1.34 bits per heavy atom. The lowest BCUT2D eigenvalue weighted by atomic mass is 10.0. The summed E-state index contributed by atoms with van der Waals surface area (Å²) in [5.74, 6) is 5.52. The first kappa shape index (κ1) is 24.5. The van der Waals surface area contributed by atoms with Crippen molar-refractivity contribution < 1.29 is 28.2 Å². The molecule has 32 heavy (non-hydrogen) atoms. The molecular formula is C23H32N2O6S. The van der Waals surface area contributed by atoms with E-state index >= 15 is 0 Å². The van der Waals surface area contributed by atoms with E-state index < -0.39 is 28.3 Å². The highest BCUT2D eigenvalue weighted by Crippen LogP contribution is 2.35. The second-order valence-electron chi connectivity index (χ2n) is 8.84. The molecular weight excluding hydrogens is 432 g/mol. The molecule has 1 saturated carbocycles. The number of hydrogen-bond donors (Lipinski definition) is 2. The number of ether oxygens (including phenoxy) is 1. The molecule has 0 aromatic heterocycles. The van der Waals surface area contributed by atoms with Crippen LogP contribution in [0, 0.1) is 23.7 Å². The summed E-state index contributed by atoms with van der Waals surface area (Å²) >= 11 is 0. The average Bonchev–Trinajstić information content (AvgIpc) is 3.58. The van der Waals surface area contributed by atoms with Crippen LogP contribution in [-0.2, 0) is 14.8 Å². The monoisotopic (exact) mass is 464 g/mol. The van der Waals surface area contributed by atoms with Crippen LogP contribution in [0.3, 0.4) is 0 Å². The van der Waals surface area contributed by atoms with Crippen LogP contribution in [0.15, 0.2) is 23.1 Å². The number of benzene rings is 1. The third-order valence-corrected chi connectivity index (χ3v) is 7.87. The zero-order chi connectivity index (χ0) is 23.6. The fraction of sp³-hybridized carbons (Fsp3) is 0.609. The number of aliphatic hydroxyl groups is 2. The number of amides is 1. The van der Waals surface area contributed by atoms with E-state index in [0.717, 1.165) is 12.8 Å². The number of sulfonamides is 1. The van der Waals surface area contributed by atoms with E-state index in [0.29, 0.717) is 12.1 Å². The van der Waals surface area contributed by atoms with Gasteiger partial charge in [0.15, 0.2) is 0 Å².